The summed E-state index contributed by atoms with van der Waals surface area (Å²) in [4.78, 5) is 26.4. The van der Waals surface area contributed by atoms with Gasteiger partial charge in [0.25, 0.3) is 0 Å². The van der Waals surface area contributed by atoms with E-state index in [0.717, 1.165) is 4.88 Å². The molecule has 0 aromatic carbocycles. The lowest BCUT2D eigenvalue weighted by Crippen LogP contribution is -2.52. The molecule has 106 valence electrons. The third-order valence-electron chi connectivity index (χ3n) is 2.56. The molecular weight excluding hydrogens is 264 g/mol. The summed E-state index contributed by atoms with van der Waals surface area (Å²) in [6.07, 6.45) is 0. The van der Waals surface area contributed by atoms with Crippen molar-refractivity contribution in [2.45, 2.75) is 39.8 Å². The first-order valence-corrected chi connectivity index (χ1v) is 6.84. The predicted molar refractivity (Wildman–Crippen MR) is 75.4 cm³/mol. The van der Waals surface area contributed by atoms with Gasteiger partial charge >= 0.3 is 12.0 Å². The molecule has 1 rings (SSSR count). The average molecular weight is 284 g/mol. The van der Waals surface area contributed by atoms with Crippen LogP contribution in [0.15, 0.2) is 12.1 Å². The van der Waals surface area contributed by atoms with Crippen LogP contribution in [0, 0.1) is 6.92 Å². The van der Waals surface area contributed by atoms with E-state index < -0.39 is 11.5 Å². The summed E-state index contributed by atoms with van der Waals surface area (Å²) >= 11 is 1.61. The van der Waals surface area contributed by atoms with Crippen molar-refractivity contribution in [3.63, 3.8) is 0 Å². The highest BCUT2D eigenvalue weighted by Crippen LogP contribution is 2.16. The van der Waals surface area contributed by atoms with Gasteiger partial charge in [0.2, 0.25) is 0 Å². The molecule has 0 aliphatic rings. The van der Waals surface area contributed by atoms with Gasteiger partial charge in [-0.25, -0.2) is 4.79 Å². The van der Waals surface area contributed by atoms with E-state index in [-0.39, 0.29) is 12.6 Å². The Morgan fingerprint density at radius 3 is 2.42 bits per heavy atom. The summed E-state index contributed by atoms with van der Waals surface area (Å²) in [6.45, 7) is 7.55. The van der Waals surface area contributed by atoms with Crippen LogP contribution in [0.3, 0.4) is 0 Å². The van der Waals surface area contributed by atoms with Gasteiger partial charge in [-0.2, -0.15) is 0 Å². The highest BCUT2D eigenvalue weighted by Gasteiger charge is 2.28. The third-order valence-corrected chi connectivity index (χ3v) is 3.56. The minimum Gasteiger partial charge on any atom is -0.480 e. The Balaban J connectivity index is 2.64. The first-order chi connectivity index (χ1) is 8.70. The van der Waals surface area contributed by atoms with Crippen LogP contribution in [-0.2, 0) is 11.3 Å². The Hall–Kier alpha value is -1.56. The van der Waals surface area contributed by atoms with E-state index in [1.807, 2.05) is 39.8 Å². The first kappa shape index (κ1) is 15.5. The number of aryl methyl sites for hydroxylation is 1. The van der Waals surface area contributed by atoms with Crippen molar-refractivity contribution in [1.82, 2.24) is 10.2 Å². The monoisotopic (exact) mass is 284 g/mol. The van der Waals surface area contributed by atoms with Gasteiger partial charge in [0.15, 0.2) is 0 Å². The van der Waals surface area contributed by atoms with Gasteiger partial charge < -0.3 is 15.3 Å². The number of carbonyl (C=O) groups is 2. The van der Waals surface area contributed by atoms with Crippen LogP contribution < -0.4 is 5.32 Å². The number of hydrogen-bond donors (Lipinski definition) is 2. The number of rotatable bonds is 4. The van der Waals surface area contributed by atoms with Crippen molar-refractivity contribution in [3.8, 4) is 0 Å². The summed E-state index contributed by atoms with van der Waals surface area (Å²) in [7, 11) is 0. The molecule has 1 heterocycles. The molecule has 0 fully saturated rings. The van der Waals surface area contributed by atoms with Gasteiger partial charge in [-0.3, -0.25) is 4.79 Å². The van der Waals surface area contributed by atoms with Crippen molar-refractivity contribution in [2.24, 2.45) is 0 Å². The van der Waals surface area contributed by atoms with Crippen molar-refractivity contribution in [2.75, 3.05) is 6.54 Å². The van der Waals surface area contributed by atoms with Gasteiger partial charge in [-0.1, -0.05) is 0 Å². The molecule has 1 aromatic rings. The van der Waals surface area contributed by atoms with E-state index in [0.29, 0.717) is 6.54 Å². The lowest BCUT2D eigenvalue weighted by Gasteiger charge is -2.34. The van der Waals surface area contributed by atoms with Crippen LogP contribution in [0.1, 0.15) is 30.5 Å². The maximum Gasteiger partial charge on any atom is 0.323 e. The minimum absolute atomic E-state index is 0.307. The summed E-state index contributed by atoms with van der Waals surface area (Å²) in [5.41, 5.74) is -0.534. The Bertz CT molecular complexity index is 463. The third kappa shape index (κ3) is 4.90. The van der Waals surface area contributed by atoms with E-state index >= 15 is 0 Å². The number of nitrogens with zero attached hydrogens (tertiary/aromatic N) is 1. The van der Waals surface area contributed by atoms with Crippen molar-refractivity contribution >= 4 is 23.3 Å². The molecule has 2 N–H and O–H groups in total. The lowest BCUT2D eigenvalue weighted by atomic mass is 10.1. The largest absolute Gasteiger partial charge is 0.480 e. The molecule has 0 spiro atoms. The number of amides is 2. The van der Waals surface area contributed by atoms with Crippen molar-refractivity contribution in [3.05, 3.63) is 21.9 Å². The van der Waals surface area contributed by atoms with E-state index in [9.17, 15) is 9.59 Å². The maximum atomic E-state index is 12.1. The Morgan fingerprint density at radius 1 is 1.37 bits per heavy atom. The van der Waals surface area contributed by atoms with Crippen LogP contribution in [0.25, 0.3) is 0 Å². The number of thiophene rings is 1. The topological polar surface area (TPSA) is 69.6 Å². The smallest absolute Gasteiger partial charge is 0.323 e. The number of hydrogen-bond acceptors (Lipinski definition) is 3. The number of carboxylic acids is 1. The summed E-state index contributed by atoms with van der Waals surface area (Å²) in [5.74, 6) is -1.02. The lowest BCUT2D eigenvalue weighted by molar-refractivity contribution is -0.138. The van der Waals surface area contributed by atoms with Gasteiger partial charge in [-0.05, 0) is 39.8 Å². The number of carbonyl (C=O) groups excluding carboxylic acids is 1. The summed E-state index contributed by atoms with van der Waals surface area (Å²) in [5, 5.41) is 11.6. The first-order valence-electron chi connectivity index (χ1n) is 6.02. The second-order valence-electron chi connectivity index (χ2n) is 5.32. The summed E-state index contributed by atoms with van der Waals surface area (Å²) in [6, 6.07) is 3.59. The van der Waals surface area contributed by atoms with E-state index in [4.69, 9.17) is 5.11 Å². The molecule has 0 saturated heterocycles. The zero-order chi connectivity index (χ0) is 14.6. The molecule has 0 aliphatic heterocycles. The van der Waals surface area contributed by atoms with Crippen LogP contribution >= 0.6 is 11.3 Å². The number of nitrogens with one attached hydrogen (secondary N) is 1. The van der Waals surface area contributed by atoms with Crippen LogP contribution in [0.2, 0.25) is 0 Å². The minimum atomic E-state index is -1.02. The van der Waals surface area contributed by atoms with Crippen LogP contribution in [0.5, 0.6) is 0 Å². The average Bonchev–Trinajstić information content (AvgIpc) is 2.67. The molecule has 0 atom stereocenters. The van der Waals surface area contributed by atoms with Crippen LogP contribution in [0.4, 0.5) is 4.79 Å². The highest BCUT2D eigenvalue weighted by atomic mass is 32.1. The molecule has 19 heavy (non-hydrogen) atoms. The van der Waals surface area contributed by atoms with E-state index in [1.165, 1.54) is 9.78 Å². The molecule has 6 heteroatoms. The molecule has 2 amide bonds. The fourth-order valence-corrected chi connectivity index (χ4v) is 2.42. The SMILES string of the molecule is Cc1ccc(CNC(=O)N(CC(=O)O)C(C)(C)C)s1. The molecule has 5 nitrogen and oxygen atoms in total. The highest BCUT2D eigenvalue weighted by molar-refractivity contribution is 7.11. The molecule has 0 radical (unpaired) electrons. The van der Waals surface area contributed by atoms with Crippen molar-refractivity contribution in [1.29, 1.82) is 0 Å². The molecule has 0 unspecified atom stereocenters. The predicted octanol–water partition coefficient (Wildman–Crippen LogP) is 2.45. The zero-order valence-corrected chi connectivity index (χ0v) is 12.5. The van der Waals surface area contributed by atoms with E-state index in [1.54, 1.807) is 11.3 Å². The maximum absolute atomic E-state index is 12.1. The summed E-state index contributed by atoms with van der Waals surface area (Å²) < 4.78 is 0. The molecule has 0 saturated carbocycles. The van der Waals surface area contributed by atoms with Gasteiger partial charge in [0, 0.05) is 15.3 Å². The van der Waals surface area contributed by atoms with Gasteiger partial charge in [0.05, 0.1) is 6.54 Å². The molecule has 1 aromatic heterocycles. The zero-order valence-electron chi connectivity index (χ0n) is 11.7. The van der Waals surface area contributed by atoms with E-state index in [2.05, 4.69) is 5.32 Å². The second-order valence-corrected chi connectivity index (χ2v) is 6.69. The number of carboxylic acid groups (broad SMARTS) is 1. The molecular formula is C13H20N2O3S. The Morgan fingerprint density at radius 2 is 2.00 bits per heavy atom. The molecule has 0 aliphatic carbocycles. The fraction of sp³-hybridized carbons (Fsp3) is 0.538. The van der Waals surface area contributed by atoms with Gasteiger partial charge in [0.1, 0.15) is 6.54 Å². The van der Waals surface area contributed by atoms with Crippen LogP contribution in [-0.4, -0.2) is 34.1 Å². The van der Waals surface area contributed by atoms with Crippen molar-refractivity contribution < 1.29 is 14.7 Å². The number of aliphatic carboxylic acids is 1. The fourth-order valence-electron chi connectivity index (χ4n) is 1.59. The second kappa shape index (κ2) is 6.06. The molecule has 0 bridgehead atoms. The Kier molecular flexibility index (Phi) is 4.94. The standard InChI is InChI=1S/C13H20N2O3S/c1-9-5-6-10(19-9)7-14-12(18)15(8-11(16)17)13(2,3)4/h5-6H,7-8H2,1-4H3,(H,14,18)(H,16,17). The quantitative estimate of drug-likeness (QED) is 0.892. The Labute approximate surface area is 117 Å². The van der Waals surface area contributed by atoms with Gasteiger partial charge in [-0.15, -0.1) is 11.3 Å². The normalized spacial score (nSPS) is 11.2. The number of urea groups is 1.